The number of methoxy groups -OCH3 is 2. The molecule has 0 spiro atoms. The molecule has 0 aliphatic heterocycles. The van der Waals surface area contributed by atoms with Gasteiger partial charge in [0.1, 0.15) is 0 Å². The highest BCUT2D eigenvalue weighted by Crippen LogP contribution is 2.31. The third-order valence-electron chi connectivity index (χ3n) is 4.64. The van der Waals surface area contributed by atoms with Crippen LogP contribution in [0.15, 0.2) is 47.5 Å². The highest BCUT2D eigenvalue weighted by atomic mass is 16.5. The topological polar surface area (TPSA) is 58.1 Å². The van der Waals surface area contributed by atoms with Crippen LogP contribution in [0.4, 0.5) is 0 Å². The second-order valence-corrected chi connectivity index (χ2v) is 6.89. The number of likely N-dealkylation sites (N-methyl/N-ethyl adjacent to an activating group) is 1. The van der Waals surface area contributed by atoms with Crippen LogP contribution in [0, 0.1) is 6.92 Å². The lowest BCUT2D eigenvalue weighted by atomic mass is 10.1. The Morgan fingerprint density at radius 2 is 1.79 bits per heavy atom. The number of hydrogen-bond donors (Lipinski definition) is 2. The molecular weight excluding hydrogens is 352 g/mol. The van der Waals surface area contributed by atoms with Crippen LogP contribution in [0.5, 0.6) is 11.5 Å². The maximum atomic E-state index is 5.45. The first-order chi connectivity index (χ1) is 13.5. The molecule has 0 fully saturated rings. The van der Waals surface area contributed by atoms with Crippen LogP contribution in [-0.4, -0.2) is 52.8 Å². The monoisotopic (exact) mass is 384 g/mol. The Kier molecular flexibility index (Phi) is 8.14. The molecule has 2 aromatic carbocycles. The number of rotatable bonds is 8. The Morgan fingerprint density at radius 1 is 1.04 bits per heavy atom. The molecule has 0 aliphatic carbocycles. The number of nitrogens with one attached hydrogen (secondary N) is 2. The molecule has 0 heterocycles. The van der Waals surface area contributed by atoms with Crippen LogP contribution in [0.1, 0.15) is 22.7 Å². The van der Waals surface area contributed by atoms with Gasteiger partial charge in [0.15, 0.2) is 17.5 Å². The second-order valence-electron chi connectivity index (χ2n) is 6.89. The lowest BCUT2D eigenvalue weighted by Crippen LogP contribution is -2.41. The molecule has 1 atom stereocenters. The minimum atomic E-state index is 0.150. The van der Waals surface area contributed by atoms with Gasteiger partial charge in [-0.2, -0.15) is 0 Å². The van der Waals surface area contributed by atoms with Gasteiger partial charge < -0.3 is 25.0 Å². The first-order valence-electron chi connectivity index (χ1n) is 9.37. The van der Waals surface area contributed by atoms with Crippen LogP contribution >= 0.6 is 0 Å². The predicted molar refractivity (Wildman–Crippen MR) is 115 cm³/mol. The standard InChI is InChI=1S/C22H32N4O2/c1-16-8-7-9-17(12-16)14-24-22(23-2)25-15-19(26(3)4)18-10-11-20(27-5)21(13-18)28-6/h7-13,19H,14-15H2,1-6H3,(H2,23,24,25). The van der Waals surface area contributed by atoms with Gasteiger partial charge in [0.05, 0.1) is 20.3 Å². The summed E-state index contributed by atoms with van der Waals surface area (Å²) >= 11 is 0. The molecule has 0 saturated carbocycles. The minimum Gasteiger partial charge on any atom is -0.493 e. The molecule has 0 aliphatic rings. The van der Waals surface area contributed by atoms with Crippen molar-refractivity contribution in [2.24, 2.45) is 4.99 Å². The smallest absolute Gasteiger partial charge is 0.191 e. The summed E-state index contributed by atoms with van der Waals surface area (Å²) < 4.78 is 10.8. The fraction of sp³-hybridized carbons (Fsp3) is 0.409. The van der Waals surface area contributed by atoms with Gasteiger partial charge in [-0.25, -0.2) is 0 Å². The minimum absolute atomic E-state index is 0.150. The van der Waals surface area contributed by atoms with Crippen LogP contribution in [0.2, 0.25) is 0 Å². The van der Waals surface area contributed by atoms with Crippen molar-refractivity contribution in [2.45, 2.75) is 19.5 Å². The van der Waals surface area contributed by atoms with Gasteiger partial charge in [0.25, 0.3) is 0 Å². The summed E-state index contributed by atoms with van der Waals surface area (Å²) in [6, 6.07) is 14.6. The van der Waals surface area contributed by atoms with E-state index in [1.807, 2.05) is 12.1 Å². The maximum absolute atomic E-state index is 5.45. The SMILES string of the molecule is CN=C(NCc1cccc(C)c1)NCC(c1ccc(OC)c(OC)c1)N(C)C. The van der Waals surface area contributed by atoms with Gasteiger partial charge in [-0.15, -0.1) is 0 Å². The van der Waals surface area contributed by atoms with Crippen molar-refractivity contribution in [1.82, 2.24) is 15.5 Å². The van der Waals surface area contributed by atoms with Gasteiger partial charge in [0, 0.05) is 20.1 Å². The molecule has 2 N–H and O–H groups in total. The van der Waals surface area contributed by atoms with Gasteiger partial charge in [-0.1, -0.05) is 35.9 Å². The van der Waals surface area contributed by atoms with E-state index in [9.17, 15) is 0 Å². The summed E-state index contributed by atoms with van der Waals surface area (Å²) in [4.78, 5) is 6.51. The highest BCUT2D eigenvalue weighted by Gasteiger charge is 2.17. The summed E-state index contributed by atoms with van der Waals surface area (Å²) in [5.41, 5.74) is 3.62. The zero-order valence-corrected chi connectivity index (χ0v) is 17.7. The van der Waals surface area contributed by atoms with E-state index in [-0.39, 0.29) is 6.04 Å². The van der Waals surface area contributed by atoms with E-state index in [2.05, 4.69) is 71.9 Å². The summed E-state index contributed by atoms with van der Waals surface area (Å²) in [5, 5.41) is 6.80. The maximum Gasteiger partial charge on any atom is 0.191 e. The van der Waals surface area contributed by atoms with Crippen molar-refractivity contribution in [1.29, 1.82) is 0 Å². The van der Waals surface area contributed by atoms with Crippen molar-refractivity contribution in [3.63, 3.8) is 0 Å². The van der Waals surface area contributed by atoms with Crippen LogP contribution in [-0.2, 0) is 6.54 Å². The predicted octanol–water partition coefficient (Wildman–Crippen LogP) is 2.98. The zero-order chi connectivity index (χ0) is 20.5. The fourth-order valence-electron chi connectivity index (χ4n) is 3.08. The van der Waals surface area contributed by atoms with Gasteiger partial charge in [-0.3, -0.25) is 4.99 Å². The molecule has 0 bridgehead atoms. The normalized spacial score (nSPS) is 12.6. The molecule has 0 saturated heterocycles. The number of aliphatic imine (C=N–C) groups is 1. The molecule has 1 unspecified atom stereocenters. The molecular formula is C22H32N4O2. The Bertz CT molecular complexity index is 790. The Balaban J connectivity index is 2.03. The molecule has 2 aromatic rings. The molecule has 6 nitrogen and oxygen atoms in total. The lowest BCUT2D eigenvalue weighted by Gasteiger charge is -2.26. The van der Waals surface area contributed by atoms with Crippen LogP contribution < -0.4 is 20.1 Å². The summed E-state index contributed by atoms with van der Waals surface area (Å²) in [7, 11) is 9.21. The molecule has 0 amide bonds. The summed E-state index contributed by atoms with van der Waals surface area (Å²) in [6.07, 6.45) is 0. The Hall–Kier alpha value is -2.73. The number of hydrogen-bond acceptors (Lipinski definition) is 4. The molecule has 0 radical (unpaired) electrons. The molecule has 6 heteroatoms. The third kappa shape index (κ3) is 5.89. The lowest BCUT2D eigenvalue weighted by molar-refractivity contribution is 0.295. The first kappa shape index (κ1) is 21.6. The van der Waals surface area contributed by atoms with Crippen molar-refractivity contribution >= 4 is 5.96 Å². The molecule has 2 rings (SSSR count). The highest BCUT2D eigenvalue weighted by molar-refractivity contribution is 5.79. The Morgan fingerprint density at radius 3 is 2.39 bits per heavy atom. The average Bonchev–Trinajstić information content (AvgIpc) is 2.70. The van der Waals surface area contributed by atoms with Crippen molar-refractivity contribution < 1.29 is 9.47 Å². The fourth-order valence-corrected chi connectivity index (χ4v) is 3.08. The quantitative estimate of drug-likeness (QED) is 0.541. The first-order valence-corrected chi connectivity index (χ1v) is 9.37. The largest absolute Gasteiger partial charge is 0.493 e. The van der Waals surface area contributed by atoms with E-state index in [1.54, 1.807) is 21.3 Å². The van der Waals surface area contributed by atoms with Crippen LogP contribution in [0.25, 0.3) is 0 Å². The second kappa shape index (κ2) is 10.6. The van der Waals surface area contributed by atoms with Gasteiger partial charge in [-0.05, 0) is 44.3 Å². The van der Waals surface area contributed by atoms with Gasteiger partial charge in [0.2, 0.25) is 0 Å². The number of ether oxygens (including phenoxy) is 2. The molecule has 28 heavy (non-hydrogen) atoms. The summed E-state index contributed by atoms with van der Waals surface area (Å²) in [5.74, 6) is 2.23. The molecule has 0 aromatic heterocycles. The number of guanidine groups is 1. The van der Waals surface area contributed by atoms with E-state index in [4.69, 9.17) is 9.47 Å². The molecule has 152 valence electrons. The number of nitrogens with zero attached hydrogens (tertiary/aromatic N) is 2. The van der Waals surface area contributed by atoms with Crippen molar-refractivity contribution in [3.8, 4) is 11.5 Å². The van der Waals surface area contributed by atoms with E-state index in [0.717, 1.165) is 29.6 Å². The van der Waals surface area contributed by atoms with E-state index >= 15 is 0 Å². The average molecular weight is 385 g/mol. The summed E-state index contributed by atoms with van der Waals surface area (Å²) in [6.45, 7) is 3.53. The number of aryl methyl sites for hydroxylation is 1. The Labute approximate surface area is 168 Å². The third-order valence-corrected chi connectivity index (χ3v) is 4.64. The van der Waals surface area contributed by atoms with E-state index in [0.29, 0.717) is 6.54 Å². The van der Waals surface area contributed by atoms with E-state index in [1.165, 1.54) is 11.1 Å². The van der Waals surface area contributed by atoms with Gasteiger partial charge >= 0.3 is 0 Å². The van der Waals surface area contributed by atoms with Crippen molar-refractivity contribution in [2.75, 3.05) is 41.9 Å². The number of benzene rings is 2. The van der Waals surface area contributed by atoms with Crippen LogP contribution in [0.3, 0.4) is 0 Å². The van der Waals surface area contributed by atoms with E-state index < -0.39 is 0 Å². The zero-order valence-electron chi connectivity index (χ0n) is 17.7. The van der Waals surface area contributed by atoms with Crippen molar-refractivity contribution in [3.05, 3.63) is 59.2 Å².